The van der Waals surface area contributed by atoms with Gasteiger partial charge >= 0.3 is 0 Å². The highest BCUT2D eigenvalue weighted by atomic mass is 15.1. The lowest BCUT2D eigenvalue weighted by atomic mass is 10.1. The van der Waals surface area contributed by atoms with Gasteiger partial charge < -0.3 is 10.3 Å². The minimum atomic E-state index is 0.812. The van der Waals surface area contributed by atoms with Crippen LogP contribution in [-0.4, -0.2) is 34.5 Å². The van der Waals surface area contributed by atoms with Crippen molar-refractivity contribution in [2.45, 2.75) is 39.3 Å². The second-order valence-electron chi connectivity index (χ2n) is 5.65. The van der Waals surface area contributed by atoms with Crippen LogP contribution in [-0.2, 0) is 13.1 Å². The highest BCUT2D eigenvalue weighted by Gasteiger charge is 2.11. The molecule has 1 aromatic heterocycles. The van der Waals surface area contributed by atoms with Crippen LogP contribution < -0.4 is 5.32 Å². The molecule has 4 heteroatoms. The highest BCUT2D eigenvalue weighted by Crippen LogP contribution is 2.17. The van der Waals surface area contributed by atoms with Crippen molar-refractivity contribution in [1.29, 1.82) is 0 Å². The Bertz CT molecular complexity index is 555. The Balaban J connectivity index is 1.72. The van der Waals surface area contributed by atoms with Gasteiger partial charge in [0.2, 0.25) is 0 Å². The molecule has 1 aliphatic heterocycles. The molecule has 0 atom stereocenters. The van der Waals surface area contributed by atoms with Crippen molar-refractivity contribution in [1.82, 2.24) is 20.2 Å². The zero-order valence-corrected chi connectivity index (χ0v) is 12.3. The molecule has 1 aliphatic rings. The Morgan fingerprint density at radius 2 is 2.10 bits per heavy atom. The number of hydrogen-bond donors (Lipinski definition) is 2. The first kappa shape index (κ1) is 13.6. The summed E-state index contributed by atoms with van der Waals surface area (Å²) in [6.07, 6.45) is 4.09. The number of fused-ring (bicyclic) bond motifs is 1. The molecule has 0 aliphatic carbocycles. The average molecular weight is 272 g/mol. The Morgan fingerprint density at radius 1 is 1.25 bits per heavy atom. The number of benzene rings is 1. The number of nitrogens with one attached hydrogen (secondary N) is 2. The largest absolute Gasteiger partial charge is 0.341 e. The molecule has 2 N–H and O–H groups in total. The fraction of sp³-hybridized carbons (Fsp3) is 0.562. The number of aromatic nitrogens is 2. The van der Waals surface area contributed by atoms with Crippen LogP contribution in [0.5, 0.6) is 0 Å². The van der Waals surface area contributed by atoms with E-state index < -0.39 is 0 Å². The van der Waals surface area contributed by atoms with Crippen LogP contribution in [0.2, 0.25) is 0 Å². The topological polar surface area (TPSA) is 44.0 Å². The van der Waals surface area contributed by atoms with Crippen molar-refractivity contribution < 1.29 is 0 Å². The van der Waals surface area contributed by atoms with Crippen LogP contribution in [0.25, 0.3) is 11.0 Å². The fourth-order valence-corrected chi connectivity index (χ4v) is 2.91. The number of nitrogens with zero attached hydrogens (tertiary/aromatic N) is 2. The van der Waals surface area contributed by atoms with Gasteiger partial charge in [-0.2, -0.15) is 0 Å². The summed E-state index contributed by atoms with van der Waals surface area (Å²) in [5.41, 5.74) is 3.62. The maximum atomic E-state index is 4.61. The molecule has 108 valence electrons. The van der Waals surface area contributed by atoms with Gasteiger partial charge in [0.15, 0.2) is 0 Å². The lowest BCUT2D eigenvalue weighted by Gasteiger charge is -2.26. The first-order valence-electron chi connectivity index (χ1n) is 7.76. The Hall–Kier alpha value is -1.39. The van der Waals surface area contributed by atoms with Gasteiger partial charge in [0.05, 0.1) is 17.6 Å². The summed E-state index contributed by atoms with van der Waals surface area (Å²) in [6, 6.07) is 6.61. The van der Waals surface area contributed by atoms with Crippen LogP contribution in [0.1, 0.15) is 37.6 Å². The molecular formula is C16H24N4. The van der Waals surface area contributed by atoms with Crippen molar-refractivity contribution in [2.75, 3.05) is 19.6 Å². The second kappa shape index (κ2) is 6.37. The third-order valence-electron chi connectivity index (χ3n) is 3.99. The molecule has 0 amide bonds. The van der Waals surface area contributed by atoms with Gasteiger partial charge in [-0.15, -0.1) is 0 Å². The zero-order chi connectivity index (χ0) is 13.8. The van der Waals surface area contributed by atoms with Gasteiger partial charge in [-0.3, -0.25) is 4.90 Å². The van der Waals surface area contributed by atoms with Gasteiger partial charge in [0, 0.05) is 6.54 Å². The van der Waals surface area contributed by atoms with E-state index in [0.29, 0.717) is 0 Å². The predicted octanol–water partition coefficient (Wildman–Crippen LogP) is 2.66. The molecule has 0 bridgehead atoms. The van der Waals surface area contributed by atoms with Crippen molar-refractivity contribution in [3.8, 4) is 0 Å². The molecular weight excluding hydrogens is 248 g/mol. The van der Waals surface area contributed by atoms with E-state index in [1.54, 1.807) is 0 Å². The maximum Gasteiger partial charge on any atom is 0.121 e. The van der Waals surface area contributed by atoms with E-state index in [1.807, 2.05) is 0 Å². The number of aromatic amines is 1. The SMILES string of the molecule is CCNCc1nc2ccc(CN3CCCCC3)cc2[nH]1. The van der Waals surface area contributed by atoms with E-state index >= 15 is 0 Å². The van der Waals surface area contributed by atoms with Crippen LogP contribution >= 0.6 is 0 Å². The van der Waals surface area contributed by atoms with E-state index in [-0.39, 0.29) is 0 Å². The van der Waals surface area contributed by atoms with E-state index in [1.165, 1.54) is 37.9 Å². The summed E-state index contributed by atoms with van der Waals surface area (Å²) in [5, 5.41) is 3.30. The third-order valence-corrected chi connectivity index (χ3v) is 3.99. The van der Waals surface area contributed by atoms with Crippen molar-refractivity contribution in [2.24, 2.45) is 0 Å². The monoisotopic (exact) mass is 272 g/mol. The fourth-order valence-electron chi connectivity index (χ4n) is 2.91. The molecule has 1 aromatic carbocycles. The number of imidazole rings is 1. The minimum absolute atomic E-state index is 0.812. The molecule has 1 fully saturated rings. The highest BCUT2D eigenvalue weighted by molar-refractivity contribution is 5.75. The number of rotatable bonds is 5. The minimum Gasteiger partial charge on any atom is -0.341 e. The van der Waals surface area contributed by atoms with Crippen LogP contribution in [0.15, 0.2) is 18.2 Å². The van der Waals surface area contributed by atoms with E-state index in [0.717, 1.165) is 36.5 Å². The molecule has 0 unspecified atom stereocenters. The van der Waals surface area contributed by atoms with Crippen molar-refractivity contribution in [3.63, 3.8) is 0 Å². The molecule has 3 rings (SSSR count). The average Bonchev–Trinajstić information content (AvgIpc) is 2.88. The van der Waals surface area contributed by atoms with Crippen molar-refractivity contribution >= 4 is 11.0 Å². The second-order valence-corrected chi connectivity index (χ2v) is 5.65. The van der Waals surface area contributed by atoms with Crippen LogP contribution in [0.4, 0.5) is 0 Å². The lowest BCUT2D eigenvalue weighted by Crippen LogP contribution is -2.29. The number of hydrogen-bond acceptors (Lipinski definition) is 3. The quantitative estimate of drug-likeness (QED) is 0.879. The van der Waals surface area contributed by atoms with E-state index in [9.17, 15) is 0 Å². The number of piperidine rings is 1. The van der Waals surface area contributed by atoms with Gasteiger partial charge in [-0.25, -0.2) is 4.98 Å². The van der Waals surface area contributed by atoms with Gasteiger partial charge in [0.1, 0.15) is 5.82 Å². The molecule has 0 spiro atoms. The first-order valence-corrected chi connectivity index (χ1v) is 7.76. The summed E-state index contributed by atoms with van der Waals surface area (Å²) in [4.78, 5) is 10.6. The zero-order valence-electron chi connectivity index (χ0n) is 12.3. The Kier molecular flexibility index (Phi) is 4.33. The summed E-state index contributed by atoms with van der Waals surface area (Å²) in [6.45, 7) is 7.44. The van der Waals surface area contributed by atoms with Gasteiger partial charge in [0.25, 0.3) is 0 Å². The third kappa shape index (κ3) is 3.19. The summed E-state index contributed by atoms with van der Waals surface area (Å²) >= 11 is 0. The summed E-state index contributed by atoms with van der Waals surface area (Å²) in [7, 11) is 0. The first-order chi connectivity index (χ1) is 9.85. The van der Waals surface area contributed by atoms with Gasteiger partial charge in [-0.1, -0.05) is 19.4 Å². The standard InChI is InChI=1S/C16H24N4/c1-2-17-11-16-18-14-7-6-13(10-15(14)19-16)12-20-8-4-3-5-9-20/h6-7,10,17H,2-5,8-9,11-12H2,1H3,(H,18,19). The summed E-state index contributed by atoms with van der Waals surface area (Å²) < 4.78 is 0. The van der Waals surface area contributed by atoms with Gasteiger partial charge in [-0.05, 0) is 50.2 Å². The Labute approximate surface area is 120 Å². The molecule has 2 heterocycles. The van der Waals surface area contributed by atoms with Crippen molar-refractivity contribution in [3.05, 3.63) is 29.6 Å². The lowest BCUT2D eigenvalue weighted by molar-refractivity contribution is 0.221. The van der Waals surface area contributed by atoms with Crippen LogP contribution in [0, 0.1) is 0 Å². The molecule has 0 saturated carbocycles. The van der Waals surface area contributed by atoms with E-state index in [4.69, 9.17) is 0 Å². The van der Waals surface area contributed by atoms with E-state index in [2.05, 4.69) is 45.3 Å². The number of likely N-dealkylation sites (tertiary alicyclic amines) is 1. The predicted molar refractivity (Wildman–Crippen MR) is 82.6 cm³/mol. The molecule has 2 aromatic rings. The normalized spacial score (nSPS) is 16.9. The molecule has 4 nitrogen and oxygen atoms in total. The maximum absolute atomic E-state index is 4.61. The number of H-pyrrole nitrogens is 1. The molecule has 0 radical (unpaired) electrons. The smallest absolute Gasteiger partial charge is 0.121 e. The Morgan fingerprint density at radius 3 is 2.90 bits per heavy atom. The van der Waals surface area contributed by atoms with Crippen LogP contribution in [0.3, 0.4) is 0 Å². The molecule has 20 heavy (non-hydrogen) atoms. The molecule has 1 saturated heterocycles. The summed E-state index contributed by atoms with van der Waals surface area (Å²) in [5.74, 6) is 1.02.